The molecule has 2 aromatic rings. The number of nitriles is 1. The summed E-state index contributed by atoms with van der Waals surface area (Å²) in [7, 11) is 0. The van der Waals surface area contributed by atoms with Crippen LogP contribution in [0, 0.1) is 23.0 Å². The maximum atomic E-state index is 13.6. The minimum Gasteiger partial charge on any atom is -0.368 e. The van der Waals surface area contributed by atoms with Crippen LogP contribution in [-0.2, 0) is 22.4 Å². The Morgan fingerprint density at radius 2 is 1.76 bits per heavy atom. The highest BCUT2D eigenvalue weighted by Crippen LogP contribution is 2.13. The maximum Gasteiger partial charge on any atom is 0.240 e. The van der Waals surface area contributed by atoms with Crippen molar-refractivity contribution in [1.82, 2.24) is 5.32 Å². The Hall–Kier alpha value is -3.27. The van der Waals surface area contributed by atoms with Gasteiger partial charge in [-0.05, 0) is 23.8 Å². The largest absolute Gasteiger partial charge is 0.368 e. The molecule has 25 heavy (non-hydrogen) atoms. The van der Waals surface area contributed by atoms with Crippen LogP contribution in [0.4, 0.5) is 8.78 Å². The molecule has 0 saturated carbocycles. The fourth-order valence-corrected chi connectivity index (χ4v) is 2.36. The molecule has 0 spiro atoms. The van der Waals surface area contributed by atoms with E-state index in [0.717, 1.165) is 12.1 Å². The molecule has 0 unspecified atom stereocenters. The van der Waals surface area contributed by atoms with Crippen molar-refractivity contribution in [1.29, 1.82) is 5.26 Å². The second kappa shape index (κ2) is 8.02. The summed E-state index contributed by atoms with van der Waals surface area (Å²) in [5, 5.41) is 11.4. The van der Waals surface area contributed by atoms with Crippen molar-refractivity contribution in [3.63, 3.8) is 0 Å². The number of carbonyl (C=O) groups is 2. The number of hydrogen-bond donors (Lipinski definition) is 2. The van der Waals surface area contributed by atoms with Crippen molar-refractivity contribution >= 4 is 11.8 Å². The number of carbonyl (C=O) groups excluding carboxylic acids is 2. The smallest absolute Gasteiger partial charge is 0.240 e. The summed E-state index contributed by atoms with van der Waals surface area (Å²) in [6.45, 7) is 0. The van der Waals surface area contributed by atoms with Crippen molar-refractivity contribution in [3.05, 3.63) is 70.8 Å². The summed E-state index contributed by atoms with van der Waals surface area (Å²) in [5.74, 6) is -3.25. The van der Waals surface area contributed by atoms with Crippen LogP contribution in [0.15, 0.2) is 42.5 Å². The molecule has 2 aromatic carbocycles. The van der Waals surface area contributed by atoms with Gasteiger partial charge in [0.2, 0.25) is 11.8 Å². The van der Waals surface area contributed by atoms with E-state index in [4.69, 9.17) is 11.0 Å². The molecule has 2 rings (SSSR count). The highest BCUT2D eigenvalue weighted by Gasteiger charge is 2.21. The van der Waals surface area contributed by atoms with Crippen molar-refractivity contribution in [3.8, 4) is 6.07 Å². The van der Waals surface area contributed by atoms with E-state index in [1.807, 2.05) is 6.07 Å². The molecule has 0 bridgehead atoms. The lowest BCUT2D eigenvalue weighted by molar-refractivity contribution is -0.127. The molecular formula is C18H15F2N3O2. The molecule has 0 aromatic heterocycles. The molecule has 2 amide bonds. The maximum absolute atomic E-state index is 13.6. The first-order valence-corrected chi connectivity index (χ1v) is 7.42. The van der Waals surface area contributed by atoms with Crippen molar-refractivity contribution in [2.45, 2.75) is 18.9 Å². The van der Waals surface area contributed by atoms with Gasteiger partial charge in [0.15, 0.2) is 0 Å². The Balaban J connectivity index is 2.13. The number of amides is 2. The van der Waals surface area contributed by atoms with Gasteiger partial charge in [0.05, 0.1) is 18.1 Å². The molecule has 0 aliphatic heterocycles. The number of halogens is 2. The monoisotopic (exact) mass is 343 g/mol. The van der Waals surface area contributed by atoms with Gasteiger partial charge in [0.25, 0.3) is 0 Å². The van der Waals surface area contributed by atoms with E-state index in [1.54, 1.807) is 24.3 Å². The fourth-order valence-electron chi connectivity index (χ4n) is 2.36. The van der Waals surface area contributed by atoms with Crippen LogP contribution in [-0.4, -0.2) is 17.9 Å². The van der Waals surface area contributed by atoms with Gasteiger partial charge in [-0.3, -0.25) is 9.59 Å². The molecule has 0 heterocycles. The predicted octanol–water partition coefficient (Wildman–Crippen LogP) is 1.59. The lowest BCUT2D eigenvalue weighted by Crippen LogP contribution is -2.46. The molecule has 5 nitrogen and oxygen atoms in total. The topological polar surface area (TPSA) is 96.0 Å². The second-order valence-corrected chi connectivity index (χ2v) is 5.37. The molecule has 7 heteroatoms. The van der Waals surface area contributed by atoms with Crippen LogP contribution in [0.2, 0.25) is 0 Å². The molecule has 3 N–H and O–H groups in total. The fraction of sp³-hybridized carbons (Fsp3) is 0.167. The minimum atomic E-state index is -1.10. The third kappa shape index (κ3) is 4.61. The highest BCUT2D eigenvalue weighted by atomic mass is 19.1. The van der Waals surface area contributed by atoms with Gasteiger partial charge in [-0.1, -0.05) is 24.3 Å². The van der Waals surface area contributed by atoms with E-state index in [1.165, 1.54) is 6.07 Å². The summed E-state index contributed by atoms with van der Waals surface area (Å²) in [5.41, 5.74) is 5.79. The number of nitrogens with two attached hydrogens (primary N) is 1. The number of rotatable bonds is 6. The zero-order valence-corrected chi connectivity index (χ0v) is 13.1. The van der Waals surface area contributed by atoms with E-state index in [-0.39, 0.29) is 12.0 Å². The Morgan fingerprint density at radius 3 is 2.36 bits per heavy atom. The molecule has 0 aliphatic carbocycles. The number of hydrogen-bond acceptors (Lipinski definition) is 3. The van der Waals surface area contributed by atoms with E-state index < -0.39 is 35.9 Å². The first-order chi connectivity index (χ1) is 11.9. The van der Waals surface area contributed by atoms with Gasteiger partial charge >= 0.3 is 0 Å². The molecule has 0 aliphatic rings. The predicted molar refractivity (Wildman–Crippen MR) is 86.0 cm³/mol. The van der Waals surface area contributed by atoms with E-state index in [9.17, 15) is 18.4 Å². The van der Waals surface area contributed by atoms with Crippen LogP contribution in [0.3, 0.4) is 0 Å². The molecule has 0 fully saturated rings. The van der Waals surface area contributed by atoms with Crippen LogP contribution >= 0.6 is 0 Å². The van der Waals surface area contributed by atoms with Gasteiger partial charge in [-0.25, -0.2) is 8.78 Å². The van der Waals surface area contributed by atoms with E-state index in [0.29, 0.717) is 11.1 Å². The normalized spacial score (nSPS) is 11.4. The highest BCUT2D eigenvalue weighted by molar-refractivity contribution is 5.87. The average molecular weight is 343 g/mol. The number of nitrogens with one attached hydrogen (secondary N) is 1. The third-order valence-corrected chi connectivity index (χ3v) is 3.64. The van der Waals surface area contributed by atoms with Crippen LogP contribution < -0.4 is 11.1 Å². The van der Waals surface area contributed by atoms with Gasteiger partial charge in [-0.2, -0.15) is 5.26 Å². The molecule has 0 radical (unpaired) electrons. The Kier molecular flexibility index (Phi) is 5.79. The zero-order chi connectivity index (χ0) is 18.4. The van der Waals surface area contributed by atoms with Gasteiger partial charge in [0.1, 0.15) is 17.7 Å². The lowest BCUT2D eigenvalue weighted by atomic mass is 10.00. The SMILES string of the molecule is N#Cc1ccccc1C[C@H](NC(=O)Cc1c(F)cccc1F)C(N)=O. The zero-order valence-electron chi connectivity index (χ0n) is 13.1. The first kappa shape index (κ1) is 18.1. The Morgan fingerprint density at radius 1 is 1.12 bits per heavy atom. The van der Waals surface area contributed by atoms with Crippen molar-refractivity contribution in [2.24, 2.45) is 5.73 Å². The average Bonchev–Trinajstić information content (AvgIpc) is 2.58. The summed E-state index contributed by atoms with van der Waals surface area (Å²) in [6, 6.07) is 10.7. The van der Waals surface area contributed by atoms with Crippen LogP contribution in [0.5, 0.6) is 0 Å². The van der Waals surface area contributed by atoms with Gasteiger partial charge in [-0.15, -0.1) is 0 Å². The first-order valence-electron chi connectivity index (χ1n) is 7.42. The van der Waals surface area contributed by atoms with Gasteiger partial charge < -0.3 is 11.1 Å². The van der Waals surface area contributed by atoms with Crippen LogP contribution in [0.25, 0.3) is 0 Å². The summed E-state index contributed by atoms with van der Waals surface area (Å²) < 4.78 is 27.2. The molecule has 0 saturated heterocycles. The third-order valence-electron chi connectivity index (χ3n) is 3.64. The van der Waals surface area contributed by atoms with Crippen LogP contribution in [0.1, 0.15) is 16.7 Å². The number of primary amides is 1. The molecule has 1 atom stereocenters. The van der Waals surface area contributed by atoms with Crippen molar-refractivity contribution < 1.29 is 18.4 Å². The van der Waals surface area contributed by atoms with Crippen molar-refractivity contribution in [2.75, 3.05) is 0 Å². The summed E-state index contributed by atoms with van der Waals surface area (Å²) >= 11 is 0. The Bertz CT molecular complexity index is 826. The standard InChI is InChI=1S/C18H15F2N3O2/c19-14-6-3-7-15(20)13(14)9-17(24)23-16(18(22)25)8-11-4-1-2-5-12(11)10-21/h1-7,16H,8-9H2,(H2,22,25)(H,23,24)/t16-/m0/s1. The van der Waals surface area contributed by atoms with E-state index >= 15 is 0 Å². The molecular weight excluding hydrogens is 328 g/mol. The summed E-state index contributed by atoms with van der Waals surface area (Å²) in [6.07, 6.45) is -0.563. The second-order valence-electron chi connectivity index (χ2n) is 5.37. The Labute approximate surface area is 143 Å². The quantitative estimate of drug-likeness (QED) is 0.834. The number of benzene rings is 2. The minimum absolute atomic E-state index is 0.00452. The lowest BCUT2D eigenvalue weighted by Gasteiger charge is -2.16. The van der Waals surface area contributed by atoms with Gasteiger partial charge in [0, 0.05) is 12.0 Å². The molecule has 128 valence electrons. The van der Waals surface area contributed by atoms with E-state index in [2.05, 4.69) is 5.32 Å². The summed E-state index contributed by atoms with van der Waals surface area (Å²) in [4.78, 5) is 23.7. The number of nitrogens with zero attached hydrogens (tertiary/aromatic N) is 1.